The Balaban J connectivity index is 1.42. The summed E-state index contributed by atoms with van der Waals surface area (Å²) in [5.74, 6) is 1.14. The molecule has 34 heavy (non-hydrogen) atoms. The summed E-state index contributed by atoms with van der Waals surface area (Å²) in [5.41, 5.74) is 0.135. The first-order valence-electron chi connectivity index (χ1n) is 12.0. The van der Waals surface area contributed by atoms with Crippen molar-refractivity contribution >= 4 is 23.6 Å². The van der Waals surface area contributed by atoms with E-state index in [4.69, 9.17) is 16.3 Å². The smallest absolute Gasteiger partial charge is 0.410 e. The summed E-state index contributed by atoms with van der Waals surface area (Å²) < 4.78 is 21.8. The van der Waals surface area contributed by atoms with E-state index in [0.717, 1.165) is 23.5 Å². The third-order valence-electron chi connectivity index (χ3n) is 7.09. The van der Waals surface area contributed by atoms with Crippen molar-refractivity contribution in [2.45, 2.75) is 76.7 Å². The number of piperidine rings is 1. The molecule has 0 spiro atoms. The molecule has 2 amide bonds. The fourth-order valence-corrected chi connectivity index (χ4v) is 4.89. The number of nitrogens with zero attached hydrogens (tertiary/aromatic N) is 5. The standard InChI is InChI=1S/C24H29ClFN5O3/c1-3-15(2)34-23(33)30-13-17-12-18(25)4-5-19(17)31-20(14-30)27-28-21(31)16-6-10-29(11-7-16)22(32)24(26)8-9-24/h4-5,12,15-16H,3,6-11,13-14H2,1-2H3/t15-/m0/s1. The van der Waals surface area contributed by atoms with Crippen molar-refractivity contribution in [3.05, 3.63) is 40.4 Å². The van der Waals surface area contributed by atoms with Crippen molar-refractivity contribution in [2.24, 2.45) is 0 Å². The van der Waals surface area contributed by atoms with Gasteiger partial charge in [-0.1, -0.05) is 18.5 Å². The van der Waals surface area contributed by atoms with E-state index in [1.807, 2.05) is 36.6 Å². The Hall–Kier alpha value is -2.68. The largest absolute Gasteiger partial charge is 0.446 e. The van der Waals surface area contributed by atoms with E-state index in [2.05, 4.69) is 10.2 Å². The molecule has 1 aromatic heterocycles. The summed E-state index contributed by atoms with van der Waals surface area (Å²) in [7, 11) is 0. The number of halogens is 2. The normalized spacial score (nSPS) is 20.2. The molecule has 1 saturated heterocycles. The quantitative estimate of drug-likeness (QED) is 0.636. The summed E-state index contributed by atoms with van der Waals surface area (Å²) in [4.78, 5) is 28.5. The number of hydrogen-bond donors (Lipinski definition) is 0. The maximum absolute atomic E-state index is 14.2. The van der Waals surface area contributed by atoms with Crippen LogP contribution in [0.2, 0.25) is 5.02 Å². The lowest BCUT2D eigenvalue weighted by molar-refractivity contribution is -0.139. The second kappa shape index (κ2) is 8.83. The molecule has 1 saturated carbocycles. The van der Waals surface area contributed by atoms with Crippen molar-refractivity contribution < 1.29 is 18.7 Å². The summed E-state index contributed by atoms with van der Waals surface area (Å²) in [6.45, 7) is 5.44. The average Bonchev–Trinajstić information content (AvgIpc) is 3.50. The monoisotopic (exact) mass is 489 g/mol. The average molecular weight is 490 g/mol. The number of likely N-dealkylation sites (tertiary alicyclic amines) is 1. The number of hydrogen-bond acceptors (Lipinski definition) is 5. The zero-order valence-corrected chi connectivity index (χ0v) is 20.2. The molecule has 1 aromatic carbocycles. The molecule has 0 bridgehead atoms. The van der Waals surface area contributed by atoms with Crippen LogP contribution < -0.4 is 0 Å². The number of alkyl halides is 1. The van der Waals surface area contributed by atoms with Crippen molar-refractivity contribution in [1.82, 2.24) is 24.6 Å². The van der Waals surface area contributed by atoms with Crippen LogP contribution in [-0.2, 0) is 22.6 Å². The molecular formula is C24H29ClFN5O3. The van der Waals surface area contributed by atoms with E-state index < -0.39 is 11.8 Å². The molecule has 1 aliphatic carbocycles. The van der Waals surface area contributed by atoms with Crippen LogP contribution in [0, 0.1) is 0 Å². The molecular weight excluding hydrogens is 461 g/mol. The van der Waals surface area contributed by atoms with E-state index in [-0.39, 0.29) is 24.5 Å². The van der Waals surface area contributed by atoms with Gasteiger partial charge in [-0.2, -0.15) is 0 Å². The van der Waals surface area contributed by atoms with Gasteiger partial charge in [-0.05, 0) is 62.8 Å². The number of aromatic nitrogens is 3. The molecule has 0 N–H and O–H groups in total. The van der Waals surface area contributed by atoms with E-state index in [1.54, 1.807) is 9.80 Å². The van der Waals surface area contributed by atoms with Gasteiger partial charge in [0.15, 0.2) is 11.5 Å². The number of ether oxygens (including phenoxy) is 1. The first-order valence-corrected chi connectivity index (χ1v) is 12.3. The molecule has 3 aliphatic rings. The van der Waals surface area contributed by atoms with E-state index in [0.29, 0.717) is 56.2 Å². The molecule has 1 atom stereocenters. The van der Waals surface area contributed by atoms with Crippen LogP contribution >= 0.6 is 11.6 Å². The fourth-order valence-electron chi connectivity index (χ4n) is 4.70. The minimum atomic E-state index is -1.63. The van der Waals surface area contributed by atoms with Crippen LogP contribution in [0.4, 0.5) is 9.18 Å². The Morgan fingerprint density at radius 3 is 2.62 bits per heavy atom. The molecule has 2 aromatic rings. The van der Waals surface area contributed by atoms with Crippen LogP contribution in [0.15, 0.2) is 18.2 Å². The number of rotatable bonds is 4. The fraction of sp³-hybridized carbons (Fsp3) is 0.583. The predicted octanol–water partition coefficient (Wildman–Crippen LogP) is 4.38. The molecule has 0 unspecified atom stereocenters. The van der Waals surface area contributed by atoms with Crippen LogP contribution in [0.3, 0.4) is 0 Å². The van der Waals surface area contributed by atoms with Gasteiger partial charge in [-0.25, -0.2) is 9.18 Å². The van der Waals surface area contributed by atoms with Gasteiger partial charge < -0.3 is 9.64 Å². The first-order chi connectivity index (χ1) is 16.3. The maximum Gasteiger partial charge on any atom is 0.410 e. The summed E-state index contributed by atoms with van der Waals surface area (Å²) in [6.07, 6.45) is 2.18. The lowest BCUT2D eigenvalue weighted by atomic mass is 9.95. The molecule has 2 fully saturated rings. The highest BCUT2D eigenvalue weighted by atomic mass is 35.5. The second-order valence-electron chi connectivity index (χ2n) is 9.57. The number of carbonyl (C=O) groups is 2. The zero-order valence-electron chi connectivity index (χ0n) is 19.5. The van der Waals surface area contributed by atoms with Gasteiger partial charge in [-0.3, -0.25) is 14.3 Å². The van der Waals surface area contributed by atoms with Crippen molar-refractivity contribution in [2.75, 3.05) is 13.1 Å². The minimum absolute atomic E-state index is 0.0715. The highest BCUT2D eigenvalue weighted by molar-refractivity contribution is 6.30. The molecule has 182 valence electrons. The zero-order chi connectivity index (χ0) is 24.0. The Morgan fingerprint density at radius 1 is 1.21 bits per heavy atom. The van der Waals surface area contributed by atoms with Gasteiger partial charge >= 0.3 is 6.09 Å². The predicted molar refractivity (Wildman–Crippen MR) is 123 cm³/mol. The van der Waals surface area contributed by atoms with Crippen LogP contribution in [-0.4, -0.2) is 61.4 Å². The number of fused-ring (bicyclic) bond motifs is 3. The van der Waals surface area contributed by atoms with Crippen molar-refractivity contribution in [3.8, 4) is 5.69 Å². The van der Waals surface area contributed by atoms with Gasteiger partial charge in [0.25, 0.3) is 5.91 Å². The molecule has 0 radical (unpaired) electrons. The maximum atomic E-state index is 14.2. The molecule has 2 aliphatic heterocycles. The Bertz CT molecular complexity index is 1110. The van der Waals surface area contributed by atoms with Crippen LogP contribution in [0.25, 0.3) is 5.69 Å². The van der Waals surface area contributed by atoms with E-state index in [1.165, 1.54) is 0 Å². The van der Waals surface area contributed by atoms with Gasteiger partial charge in [0.05, 0.1) is 18.8 Å². The lowest BCUT2D eigenvalue weighted by Crippen LogP contribution is -2.43. The third kappa shape index (κ3) is 4.26. The second-order valence-corrected chi connectivity index (χ2v) is 10.0. The molecule has 5 rings (SSSR count). The Kier molecular flexibility index (Phi) is 6.00. The Morgan fingerprint density at radius 2 is 1.94 bits per heavy atom. The van der Waals surface area contributed by atoms with Gasteiger partial charge in [0.1, 0.15) is 11.9 Å². The van der Waals surface area contributed by atoms with Crippen LogP contribution in [0.5, 0.6) is 0 Å². The van der Waals surface area contributed by atoms with Gasteiger partial charge in [-0.15, -0.1) is 10.2 Å². The summed E-state index contributed by atoms with van der Waals surface area (Å²) >= 11 is 6.30. The highest BCUT2D eigenvalue weighted by Gasteiger charge is 2.53. The van der Waals surface area contributed by atoms with Crippen molar-refractivity contribution in [3.63, 3.8) is 0 Å². The first kappa shape index (κ1) is 23.1. The lowest BCUT2D eigenvalue weighted by Gasteiger charge is -2.32. The summed E-state index contributed by atoms with van der Waals surface area (Å²) in [5, 5.41) is 9.53. The highest BCUT2D eigenvalue weighted by Crippen LogP contribution is 2.42. The minimum Gasteiger partial charge on any atom is -0.446 e. The van der Waals surface area contributed by atoms with Gasteiger partial charge in [0, 0.05) is 24.0 Å². The number of carbonyl (C=O) groups excluding carboxylic acids is 2. The van der Waals surface area contributed by atoms with Crippen LogP contribution in [0.1, 0.15) is 69.1 Å². The molecule has 10 heteroatoms. The van der Waals surface area contributed by atoms with Gasteiger partial charge in [0.2, 0.25) is 0 Å². The Labute approximate surface area is 203 Å². The SMILES string of the molecule is CC[C@H](C)OC(=O)N1Cc2cc(Cl)ccc2-n2c(nnc2C2CCN(C(=O)C3(F)CC3)CC2)C1. The van der Waals surface area contributed by atoms with Crippen molar-refractivity contribution in [1.29, 1.82) is 0 Å². The number of amides is 2. The molecule has 8 nitrogen and oxygen atoms in total. The van der Waals surface area contributed by atoms with E-state index in [9.17, 15) is 14.0 Å². The molecule has 3 heterocycles. The number of benzene rings is 1. The summed E-state index contributed by atoms with van der Waals surface area (Å²) in [6, 6.07) is 5.60. The third-order valence-corrected chi connectivity index (χ3v) is 7.32. The van der Waals surface area contributed by atoms with E-state index >= 15 is 0 Å². The topological polar surface area (TPSA) is 80.6 Å².